The molecule has 0 unspecified atom stereocenters. The monoisotopic (exact) mass is 208 g/mol. The number of nitrogens with zero attached hydrogens (tertiary/aromatic N) is 2. The standard InChI is InChI=1S/C13H24N2/c1-4-6-7-10-14(3)13-8-11-15(5-2)12-9-13/h1,13H,5-12H2,2-3H3. The third-order valence-corrected chi connectivity index (χ3v) is 3.46. The molecule has 0 saturated carbocycles. The molecule has 1 aliphatic rings. The maximum atomic E-state index is 5.25. The number of hydrogen-bond acceptors (Lipinski definition) is 2. The van der Waals surface area contributed by atoms with Crippen molar-refractivity contribution in [3.63, 3.8) is 0 Å². The second-order valence-electron chi connectivity index (χ2n) is 4.45. The normalized spacial score (nSPS) is 19.3. The number of likely N-dealkylation sites (tertiary alicyclic amines) is 1. The fourth-order valence-corrected chi connectivity index (χ4v) is 2.29. The maximum Gasteiger partial charge on any atom is 0.0117 e. The van der Waals surface area contributed by atoms with Crippen LogP contribution < -0.4 is 0 Å². The molecule has 0 aromatic carbocycles. The molecule has 0 spiro atoms. The number of piperidine rings is 1. The summed E-state index contributed by atoms with van der Waals surface area (Å²) in [6, 6.07) is 0.783. The minimum absolute atomic E-state index is 0.783. The molecule has 1 fully saturated rings. The van der Waals surface area contributed by atoms with Crippen LogP contribution in [0.25, 0.3) is 0 Å². The van der Waals surface area contributed by atoms with Crippen LogP contribution in [-0.2, 0) is 0 Å². The van der Waals surface area contributed by atoms with Gasteiger partial charge in [-0.2, -0.15) is 0 Å². The molecule has 1 aliphatic heterocycles. The van der Waals surface area contributed by atoms with Gasteiger partial charge in [0.15, 0.2) is 0 Å². The van der Waals surface area contributed by atoms with E-state index in [4.69, 9.17) is 6.42 Å². The Bertz CT molecular complexity index is 199. The van der Waals surface area contributed by atoms with E-state index in [1.54, 1.807) is 0 Å². The summed E-state index contributed by atoms with van der Waals surface area (Å²) in [5, 5.41) is 0. The lowest BCUT2D eigenvalue weighted by Crippen LogP contribution is -2.43. The molecule has 0 N–H and O–H groups in total. The van der Waals surface area contributed by atoms with E-state index in [1.807, 2.05) is 0 Å². The first-order chi connectivity index (χ1) is 7.27. The molecule has 1 heterocycles. The van der Waals surface area contributed by atoms with Gasteiger partial charge < -0.3 is 9.80 Å². The van der Waals surface area contributed by atoms with Crippen LogP contribution in [0.2, 0.25) is 0 Å². The van der Waals surface area contributed by atoms with Gasteiger partial charge in [-0.05, 0) is 52.5 Å². The highest BCUT2D eigenvalue weighted by Gasteiger charge is 2.20. The smallest absolute Gasteiger partial charge is 0.0117 e. The van der Waals surface area contributed by atoms with Crippen molar-refractivity contribution in [2.24, 2.45) is 0 Å². The molecule has 86 valence electrons. The van der Waals surface area contributed by atoms with Crippen molar-refractivity contribution in [3.05, 3.63) is 0 Å². The summed E-state index contributed by atoms with van der Waals surface area (Å²) in [5.74, 6) is 2.71. The first kappa shape index (κ1) is 12.5. The summed E-state index contributed by atoms with van der Waals surface area (Å²) in [4.78, 5) is 5.02. The van der Waals surface area contributed by atoms with Crippen LogP contribution in [0.15, 0.2) is 0 Å². The van der Waals surface area contributed by atoms with Gasteiger partial charge in [-0.15, -0.1) is 12.3 Å². The average molecular weight is 208 g/mol. The van der Waals surface area contributed by atoms with Gasteiger partial charge in [-0.3, -0.25) is 0 Å². The Hall–Kier alpha value is -0.520. The van der Waals surface area contributed by atoms with Crippen molar-refractivity contribution in [1.82, 2.24) is 9.80 Å². The minimum atomic E-state index is 0.783. The van der Waals surface area contributed by atoms with E-state index in [0.29, 0.717) is 0 Å². The van der Waals surface area contributed by atoms with Gasteiger partial charge in [-0.25, -0.2) is 0 Å². The van der Waals surface area contributed by atoms with E-state index in [-0.39, 0.29) is 0 Å². The zero-order valence-corrected chi connectivity index (χ0v) is 10.2. The Morgan fingerprint density at radius 3 is 2.60 bits per heavy atom. The van der Waals surface area contributed by atoms with E-state index in [9.17, 15) is 0 Å². The first-order valence-corrected chi connectivity index (χ1v) is 6.14. The Morgan fingerprint density at radius 2 is 2.07 bits per heavy atom. The lowest BCUT2D eigenvalue weighted by molar-refractivity contribution is 0.131. The Labute approximate surface area is 94.6 Å². The highest BCUT2D eigenvalue weighted by Crippen LogP contribution is 2.15. The number of rotatable bonds is 5. The molecule has 0 amide bonds. The van der Waals surface area contributed by atoms with E-state index in [2.05, 4.69) is 29.7 Å². The molecule has 0 radical (unpaired) electrons. The quantitative estimate of drug-likeness (QED) is 0.502. The Morgan fingerprint density at radius 1 is 1.40 bits per heavy atom. The molecular weight excluding hydrogens is 184 g/mol. The average Bonchev–Trinajstić information content (AvgIpc) is 2.29. The maximum absolute atomic E-state index is 5.25. The van der Waals surface area contributed by atoms with Crippen molar-refractivity contribution >= 4 is 0 Å². The van der Waals surface area contributed by atoms with Crippen LogP contribution in [-0.4, -0.2) is 49.1 Å². The van der Waals surface area contributed by atoms with Crippen LogP contribution >= 0.6 is 0 Å². The summed E-state index contributed by atoms with van der Waals surface area (Å²) in [6.45, 7) is 7.13. The Balaban J connectivity index is 2.18. The summed E-state index contributed by atoms with van der Waals surface area (Å²) in [7, 11) is 2.24. The van der Waals surface area contributed by atoms with E-state index < -0.39 is 0 Å². The molecule has 0 aromatic heterocycles. The molecule has 1 saturated heterocycles. The van der Waals surface area contributed by atoms with Crippen molar-refractivity contribution < 1.29 is 0 Å². The number of terminal acetylenes is 1. The lowest BCUT2D eigenvalue weighted by atomic mass is 10.0. The van der Waals surface area contributed by atoms with Crippen molar-refractivity contribution in [3.8, 4) is 12.3 Å². The molecule has 15 heavy (non-hydrogen) atoms. The predicted octanol–water partition coefficient (Wildman–Crippen LogP) is 1.82. The Kier molecular flexibility index (Phi) is 5.75. The van der Waals surface area contributed by atoms with E-state index >= 15 is 0 Å². The highest BCUT2D eigenvalue weighted by atomic mass is 15.2. The number of unbranched alkanes of at least 4 members (excludes halogenated alkanes) is 1. The summed E-state index contributed by atoms with van der Waals surface area (Å²) < 4.78 is 0. The summed E-state index contributed by atoms with van der Waals surface area (Å²) in [6.07, 6.45) is 9.95. The predicted molar refractivity (Wildman–Crippen MR) is 65.8 cm³/mol. The highest BCUT2D eigenvalue weighted by molar-refractivity contribution is 4.84. The van der Waals surface area contributed by atoms with Crippen molar-refractivity contribution in [2.75, 3.05) is 33.2 Å². The molecule has 2 heteroatoms. The summed E-state index contributed by atoms with van der Waals surface area (Å²) >= 11 is 0. The number of hydrogen-bond donors (Lipinski definition) is 0. The van der Waals surface area contributed by atoms with Crippen LogP contribution in [0.3, 0.4) is 0 Å². The second kappa shape index (κ2) is 6.87. The van der Waals surface area contributed by atoms with Gasteiger partial charge in [-0.1, -0.05) is 6.92 Å². The molecule has 0 bridgehead atoms. The van der Waals surface area contributed by atoms with Crippen LogP contribution in [0.4, 0.5) is 0 Å². The molecule has 2 nitrogen and oxygen atoms in total. The fraction of sp³-hybridized carbons (Fsp3) is 0.846. The molecule has 0 aromatic rings. The van der Waals surface area contributed by atoms with Crippen LogP contribution in [0.5, 0.6) is 0 Å². The van der Waals surface area contributed by atoms with Gasteiger partial charge in [0.05, 0.1) is 0 Å². The van der Waals surface area contributed by atoms with Crippen molar-refractivity contribution in [2.45, 2.75) is 38.6 Å². The zero-order chi connectivity index (χ0) is 11.1. The van der Waals surface area contributed by atoms with E-state index in [1.165, 1.54) is 32.5 Å². The molecule has 1 rings (SSSR count). The van der Waals surface area contributed by atoms with Gasteiger partial charge in [0.2, 0.25) is 0 Å². The van der Waals surface area contributed by atoms with Crippen molar-refractivity contribution in [1.29, 1.82) is 0 Å². The van der Waals surface area contributed by atoms with Gasteiger partial charge in [0.25, 0.3) is 0 Å². The van der Waals surface area contributed by atoms with E-state index in [0.717, 1.165) is 25.4 Å². The van der Waals surface area contributed by atoms with Gasteiger partial charge in [0.1, 0.15) is 0 Å². The molecular formula is C13H24N2. The van der Waals surface area contributed by atoms with Crippen LogP contribution in [0.1, 0.15) is 32.6 Å². The largest absolute Gasteiger partial charge is 0.303 e. The summed E-state index contributed by atoms with van der Waals surface area (Å²) in [5.41, 5.74) is 0. The molecule has 0 atom stereocenters. The zero-order valence-electron chi connectivity index (χ0n) is 10.2. The molecule has 0 aliphatic carbocycles. The fourth-order valence-electron chi connectivity index (χ4n) is 2.29. The minimum Gasteiger partial charge on any atom is -0.303 e. The lowest BCUT2D eigenvalue weighted by Gasteiger charge is -2.36. The first-order valence-electron chi connectivity index (χ1n) is 6.14. The van der Waals surface area contributed by atoms with Gasteiger partial charge >= 0.3 is 0 Å². The SMILES string of the molecule is C#CCCCN(C)C1CCN(CC)CC1. The topological polar surface area (TPSA) is 6.48 Å². The third kappa shape index (κ3) is 4.24. The second-order valence-corrected chi connectivity index (χ2v) is 4.45. The van der Waals surface area contributed by atoms with Crippen LogP contribution in [0, 0.1) is 12.3 Å². The van der Waals surface area contributed by atoms with Gasteiger partial charge in [0, 0.05) is 12.5 Å². The third-order valence-electron chi connectivity index (χ3n) is 3.46.